The maximum Gasteiger partial charge on any atom is 0.134 e. The Kier molecular flexibility index (Phi) is 4.00. The van der Waals surface area contributed by atoms with Gasteiger partial charge >= 0.3 is 0 Å². The van der Waals surface area contributed by atoms with Crippen LogP contribution in [0.2, 0.25) is 0 Å². The van der Waals surface area contributed by atoms with Crippen molar-refractivity contribution in [1.82, 2.24) is 5.32 Å². The molecular weight excluding hydrogens is 234 g/mol. The second-order valence-electron chi connectivity index (χ2n) is 6.21. The van der Waals surface area contributed by atoms with Crippen molar-refractivity contribution in [1.29, 1.82) is 0 Å². The summed E-state index contributed by atoms with van der Waals surface area (Å²) in [5.41, 5.74) is 2.57. The molecule has 0 fully saturated rings. The van der Waals surface area contributed by atoms with Gasteiger partial charge < -0.3 is 9.73 Å². The number of nitrogens with one attached hydrogen (secondary N) is 1. The Bertz CT molecular complexity index is 553. The maximum atomic E-state index is 6.00. The first-order valence-corrected chi connectivity index (χ1v) is 7.16. The van der Waals surface area contributed by atoms with Gasteiger partial charge in [0.25, 0.3) is 0 Å². The fourth-order valence-electron chi connectivity index (χ4n) is 2.25. The summed E-state index contributed by atoms with van der Waals surface area (Å²) in [5.74, 6) is 1.06. The highest BCUT2D eigenvalue weighted by atomic mass is 16.3. The normalized spacial score (nSPS) is 13.9. The molecule has 1 atom stereocenters. The van der Waals surface area contributed by atoms with Crippen molar-refractivity contribution in [2.45, 2.75) is 47.1 Å². The molecule has 1 unspecified atom stereocenters. The Morgan fingerprint density at radius 1 is 1.26 bits per heavy atom. The van der Waals surface area contributed by atoms with Gasteiger partial charge in [0.15, 0.2) is 0 Å². The van der Waals surface area contributed by atoms with Crippen LogP contribution in [0.1, 0.15) is 51.5 Å². The van der Waals surface area contributed by atoms with Gasteiger partial charge in [-0.05, 0) is 37.3 Å². The Hall–Kier alpha value is -1.28. The lowest BCUT2D eigenvalue weighted by atomic mass is 9.90. The van der Waals surface area contributed by atoms with E-state index in [0.29, 0.717) is 5.41 Å². The molecule has 0 aliphatic heterocycles. The third kappa shape index (κ3) is 3.01. The van der Waals surface area contributed by atoms with Crippen LogP contribution in [-0.4, -0.2) is 6.54 Å². The van der Waals surface area contributed by atoms with Crippen LogP contribution in [0.5, 0.6) is 0 Å². The van der Waals surface area contributed by atoms with Crippen molar-refractivity contribution < 1.29 is 4.42 Å². The van der Waals surface area contributed by atoms with Crippen LogP contribution in [0, 0.1) is 12.3 Å². The molecular formula is C17H25NO. The summed E-state index contributed by atoms with van der Waals surface area (Å²) in [5, 5.41) is 4.82. The monoisotopic (exact) mass is 259 g/mol. The van der Waals surface area contributed by atoms with E-state index in [-0.39, 0.29) is 6.04 Å². The minimum absolute atomic E-state index is 0.248. The fourth-order valence-corrected chi connectivity index (χ4v) is 2.25. The average Bonchev–Trinajstić information content (AvgIpc) is 2.74. The van der Waals surface area contributed by atoms with Crippen molar-refractivity contribution >= 4 is 11.0 Å². The van der Waals surface area contributed by atoms with Crippen LogP contribution in [0.4, 0.5) is 0 Å². The summed E-state index contributed by atoms with van der Waals surface area (Å²) in [6, 6.07) is 8.49. The van der Waals surface area contributed by atoms with Gasteiger partial charge in [-0.3, -0.25) is 0 Å². The summed E-state index contributed by atoms with van der Waals surface area (Å²) < 4.78 is 6.00. The third-order valence-electron chi connectivity index (χ3n) is 4.12. The van der Waals surface area contributed by atoms with Crippen LogP contribution >= 0.6 is 0 Å². The second kappa shape index (κ2) is 5.38. The zero-order valence-corrected chi connectivity index (χ0v) is 12.7. The number of hydrogen-bond acceptors (Lipinski definition) is 2. The van der Waals surface area contributed by atoms with E-state index in [0.717, 1.165) is 17.9 Å². The van der Waals surface area contributed by atoms with Gasteiger partial charge in [0.05, 0.1) is 6.04 Å². The smallest absolute Gasteiger partial charge is 0.134 e. The first-order valence-electron chi connectivity index (χ1n) is 7.16. The maximum absolute atomic E-state index is 6.00. The summed E-state index contributed by atoms with van der Waals surface area (Å²) >= 11 is 0. The molecule has 0 aliphatic carbocycles. The average molecular weight is 259 g/mol. The minimum atomic E-state index is 0.248. The summed E-state index contributed by atoms with van der Waals surface area (Å²) in [6.45, 7) is 12.1. The van der Waals surface area contributed by atoms with Crippen molar-refractivity contribution in [3.8, 4) is 0 Å². The molecule has 2 rings (SSSR count). The molecule has 0 saturated heterocycles. The van der Waals surface area contributed by atoms with Gasteiger partial charge in [-0.25, -0.2) is 0 Å². The zero-order valence-electron chi connectivity index (χ0n) is 12.7. The molecule has 1 heterocycles. The third-order valence-corrected chi connectivity index (χ3v) is 4.12. The highest BCUT2D eigenvalue weighted by Gasteiger charge is 2.20. The van der Waals surface area contributed by atoms with Crippen LogP contribution < -0.4 is 5.32 Å². The predicted molar refractivity (Wildman–Crippen MR) is 81.4 cm³/mol. The lowest BCUT2D eigenvalue weighted by molar-refractivity contribution is 0.303. The van der Waals surface area contributed by atoms with Crippen molar-refractivity contribution in [3.05, 3.63) is 35.6 Å². The van der Waals surface area contributed by atoms with E-state index in [2.05, 4.69) is 52.1 Å². The molecule has 19 heavy (non-hydrogen) atoms. The van der Waals surface area contributed by atoms with Gasteiger partial charge in [-0.15, -0.1) is 0 Å². The zero-order chi connectivity index (χ0) is 14.0. The van der Waals surface area contributed by atoms with E-state index in [1.807, 2.05) is 12.1 Å². The number of fused-ring (bicyclic) bond motifs is 1. The number of hydrogen-bond donors (Lipinski definition) is 1. The topological polar surface area (TPSA) is 25.2 Å². The molecule has 0 aliphatic rings. The van der Waals surface area contributed by atoms with Crippen molar-refractivity contribution in [2.24, 2.45) is 5.41 Å². The molecule has 0 bridgehead atoms. The molecule has 104 valence electrons. The summed E-state index contributed by atoms with van der Waals surface area (Å²) in [6.07, 6.45) is 1.17. The Morgan fingerprint density at radius 3 is 2.58 bits per heavy atom. The van der Waals surface area contributed by atoms with Crippen LogP contribution in [-0.2, 0) is 0 Å². The van der Waals surface area contributed by atoms with E-state index in [9.17, 15) is 0 Å². The predicted octanol–water partition coefficient (Wildman–Crippen LogP) is 4.83. The van der Waals surface area contributed by atoms with E-state index in [1.54, 1.807) is 0 Å². The molecule has 2 aromatic rings. The molecule has 0 amide bonds. The van der Waals surface area contributed by atoms with E-state index in [1.165, 1.54) is 17.4 Å². The molecule has 2 nitrogen and oxygen atoms in total. The first-order chi connectivity index (χ1) is 8.94. The standard InChI is InChI=1S/C17H25NO/c1-6-17(4,5)11-18-13(3)16-12(2)14-9-7-8-10-15(14)19-16/h7-10,13,18H,6,11H2,1-5H3. The highest BCUT2D eigenvalue weighted by molar-refractivity contribution is 5.82. The van der Waals surface area contributed by atoms with Gasteiger partial charge in [0.2, 0.25) is 0 Å². The number of aryl methyl sites for hydroxylation is 1. The number of para-hydroxylation sites is 1. The molecule has 0 spiro atoms. The lowest BCUT2D eigenvalue weighted by Crippen LogP contribution is -2.30. The van der Waals surface area contributed by atoms with Crippen LogP contribution in [0.3, 0.4) is 0 Å². The number of benzene rings is 1. The van der Waals surface area contributed by atoms with Gasteiger partial charge in [0, 0.05) is 11.9 Å². The van der Waals surface area contributed by atoms with Gasteiger partial charge in [0.1, 0.15) is 11.3 Å². The van der Waals surface area contributed by atoms with Gasteiger partial charge in [-0.1, -0.05) is 39.0 Å². The Labute approximate surface area is 116 Å². The largest absolute Gasteiger partial charge is 0.459 e. The molecule has 1 aromatic heterocycles. The minimum Gasteiger partial charge on any atom is -0.459 e. The summed E-state index contributed by atoms with van der Waals surface area (Å²) in [4.78, 5) is 0. The van der Waals surface area contributed by atoms with Crippen LogP contribution in [0.25, 0.3) is 11.0 Å². The second-order valence-corrected chi connectivity index (χ2v) is 6.21. The molecule has 1 aromatic carbocycles. The Balaban J connectivity index is 2.17. The molecule has 0 saturated carbocycles. The van der Waals surface area contributed by atoms with E-state index in [4.69, 9.17) is 4.42 Å². The molecule has 2 heteroatoms. The van der Waals surface area contributed by atoms with E-state index < -0.39 is 0 Å². The molecule has 0 radical (unpaired) electrons. The summed E-state index contributed by atoms with van der Waals surface area (Å²) in [7, 11) is 0. The first kappa shape index (κ1) is 14.1. The van der Waals surface area contributed by atoms with Crippen molar-refractivity contribution in [3.63, 3.8) is 0 Å². The lowest BCUT2D eigenvalue weighted by Gasteiger charge is -2.25. The number of furan rings is 1. The highest BCUT2D eigenvalue weighted by Crippen LogP contribution is 2.29. The van der Waals surface area contributed by atoms with Gasteiger partial charge in [-0.2, -0.15) is 0 Å². The van der Waals surface area contributed by atoms with Crippen molar-refractivity contribution in [2.75, 3.05) is 6.54 Å². The molecule has 1 N–H and O–H groups in total. The number of rotatable bonds is 5. The quantitative estimate of drug-likeness (QED) is 0.832. The SMILES string of the molecule is CCC(C)(C)CNC(C)c1oc2ccccc2c1C. The van der Waals surface area contributed by atoms with E-state index >= 15 is 0 Å². The van der Waals surface area contributed by atoms with Crippen LogP contribution in [0.15, 0.2) is 28.7 Å². The fraction of sp³-hybridized carbons (Fsp3) is 0.529. The Morgan fingerprint density at radius 2 is 1.95 bits per heavy atom.